The summed E-state index contributed by atoms with van der Waals surface area (Å²) in [4.78, 5) is 20.4. The molecule has 4 fully saturated rings. The Labute approximate surface area is 208 Å². The first-order valence-corrected chi connectivity index (χ1v) is 14.0. The van der Waals surface area contributed by atoms with E-state index in [1.807, 2.05) is 11.0 Å². The smallest absolute Gasteiger partial charge is 0.236 e. The molecule has 1 aromatic carbocycles. The number of carbonyl (C=O) groups excluding carboxylic acids is 1. The van der Waals surface area contributed by atoms with E-state index in [0.29, 0.717) is 31.8 Å². The molecule has 6 aliphatic rings. The Kier molecular flexibility index (Phi) is 5.17. The fourth-order valence-electron chi connectivity index (χ4n) is 8.22. The topological polar surface area (TPSA) is 76.5 Å². The molecular formula is C28H39N3O4. The lowest BCUT2D eigenvalue weighted by Gasteiger charge is -2.60. The molecule has 4 heterocycles. The highest BCUT2D eigenvalue weighted by Gasteiger charge is 2.71. The molecule has 1 saturated carbocycles. The standard InChI is InChI=1S/C28H39N3O4/c32-21-8-7-20-15-22-28(34)10-14-31(24(33)18-29-11-3-1-2-4-12-29)17-23-27(28,25(20)26(21)35-23)9-13-30(22)16-19-5-6-19/h7-8,19,22-23,32,34H,1-6,9-18H2/t22-,23+,27-,28-/m1/s1. The van der Waals surface area contributed by atoms with Gasteiger partial charge in [0.25, 0.3) is 0 Å². The zero-order valence-electron chi connectivity index (χ0n) is 20.8. The number of ether oxygens (including phenoxy) is 1. The van der Waals surface area contributed by atoms with Gasteiger partial charge in [-0.1, -0.05) is 18.9 Å². The van der Waals surface area contributed by atoms with E-state index in [2.05, 4.69) is 9.80 Å². The van der Waals surface area contributed by atoms with E-state index in [1.54, 1.807) is 6.07 Å². The number of carbonyl (C=O) groups is 1. The molecule has 1 spiro atoms. The Bertz CT molecular complexity index is 1020. The van der Waals surface area contributed by atoms with Gasteiger partial charge in [-0.25, -0.2) is 0 Å². The number of amides is 1. The van der Waals surface area contributed by atoms with Crippen LogP contribution < -0.4 is 4.74 Å². The third kappa shape index (κ3) is 3.30. The molecule has 0 radical (unpaired) electrons. The van der Waals surface area contributed by atoms with Gasteiger partial charge < -0.3 is 19.8 Å². The van der Waals surface area contributed by atoms with Crippen LogP contribution in [0.1, 0.15) is 62.5 Å². The quantitative estimate of drug-likeness (QED) is 0.687. The number of benzene rings is 1. The van der Waals surface area contributed by atoms with Gasteiger partial charge in [0.05, 0.1) is 24.1 Å². The van der Waals surface area contributed by atoms with Crippen molar-refractivity contribution in [3.63, 3.8) is 0 Å². The lowest BCUT2D eigenvalue weighted by atomic mass is 9.52. The Morgan fingerprint density at radius 3 is 2.63 bits per heavy atom. The largest absolute Gasteiger partial charge is 0.504 e. The number of rotatable bonds is 4. The maximum absolute atomic E-state index is 13.6. The van der Waals surface area contributed by atoms with Crippen molar-refractivity contribution in [2.45, 2.75) is 80.9 Å². The summed E-state index contributed by atoms with van der Waals surface area (Å²) in [5.74, 6) is 1.63. The number of phenolic OH excluding ortho intramolecular Hbond substituents is 1. The van der Waals surface area contributed by atoms with Crippen LogP contribution in [-0.2, 0) is 16.6 Å². The average molecular weight is 482 g/mol. The second-order valence-electron chi connectivity index (χ2n) is 12.1. The van der Waals surface area contributed by atoms with Crippen LogP contribution in [0, 0.1) is 5.92 Å². The number of piperidine rings is 1. The van der Waals surface area contributed by atoms with E-state index in [0.717, 1.165) is 63.3 Å². The molecule has 1 amide bonds. The predicted molar refractivity (Wildman–Crippen MR) is 132 cm³/mol. The van der Waals surface area contributed by atoms with Crippen molar-refractivity contribution in [1.82, 2.24) is 14.7 Å². The van der Waals surface area contributed by atoms with Crippen LogP contribution >= 0.6 is 0 Å². The number of hydrogen-bond acceptors (Lipinski definition) is 6. The highest BCUT2D eigenvalue weighted by Crippen LogP contribution is 2.63. The summed E-state index contributed by atoms with van der Waals surface area (Å²) in [6, 6.07) is 3.83. The fourth-order valence-corrected chi connectivity index (χ4v) is 8.22. The van der Waals surface area contributed by atoms with Gasteiger partial charge in [0.2, 0.25) is 5.91 Å². The highest BCUT2D eigenvalue weighted by atomic mass is 16.5. The summed E-state index contributed by atoms with van der Waals surface area (Å²) in [7, 11) is 0. The zero-order chi connectivity index (χ0) is 23.8. The van der Waals surface area contributed by atoms with Crippen LogP contribution in [0.25, 0.3) is 0 Å². The Morgan fingerprint density at radius 2 is 1.86 bits per heavy atom. The predicted octanol–water partition coefficient (Wildman–Crippen LogP) is 2.27. The minimum atomic E-state index is -0.964. The molecule has 190 valence electrons. The minimum Gasteiger partial charge on any atom is -0.504 e. The Hall–Kier alpha value is -1.83. The second kappa shape index (κ2) is 8.09. The van der Waals surface area contributed by atoms with Gasteiger partial charge in [-0.3, -0.25) is 14.6 Å². The fraction of sp³-hybridized carbons (Fsp3) is 0.750. The molecular weight excluding hydrogens is 442 g/mol. The molecule has 2 N–H and O–H groups in total. The highest BCUT2D eigenvalue weighted by molar-refractivity contribution is 5.78. The van der Waals surface area contributed by atoms with Crippen molar-refractivity contribution >= 4 is 5.91 Å². The van der Waals surface area contributed by atoms with Crippen molar-refractivity contribution in [1.29, 1.82) is 0 Å². The van der Waals surface area contributed by atoms with Gasteiger partial charge in [-0.05, 0) is 82.1 Å². The van der Waals surface area contributed by atoms with Gasteiger partial charge in [0, 0.05) is 24.7 Å². The molecule has 2 aliphatic carbocycles. The Morgan fingerprint density at radius 1 is 1.06 bits per heavy atom. The van der Waals surface area contributed by atoms with Crippen LogP contribution in [0.3, 0.4) is 0 Å². The average Bonchev–Trinajstić information content (AvgIpc) is 3.64. The van der Waals surface area contributed by atoms with E-state index in [1.165, 1.54) is 31.2 Å². The van der Waals surface area contributed by atoms with E-state index in [-0.39, 0.29) is 23.8 Å². The third-order valence-corrected chi connectivity index (χ3v) is 10.2. The molecule has 7 heteroatoms. The zero-order valence-corrected chi connectivity index (χ0v) is 20.8. The third-order valence-electron chi connectivity index (χ3n) is 10.2. The van der Waals surface area contributed by atoms with Gasteiger partial charge in [-0.2, -0.15) is 0 Å². The van der Waals surface area contributed by atoms with E-state index in [4.69, 9.17) is 4.74 Å². The summed E-state index contributed by atoms with van der Waals surface area (Å²) < 4.78 is 6.54. The van der Waals surface area contributed by atoms with Crippen molar-refractivity contribution in [2.24, 2.45) is 5.92 Å². The van der Waals surface area contributed by atoms with Gasteiger partial charge in [0.15, 0.2) is 11.5 Å². The number of likely N-dealkylation sites (tertiary alicyclic amines) is 3. The van der Waals surface area contributed by atoms with Crippen LogP contribution in [0.15, 0.2) is 12.1 Å². The second-order valence-corrected chi connectivity index (χ2v) is 12.1. The van der Waals surface area contributed by atoms with Crippen molar-refractivity contribution in [3.05, 3.63) is 23.3 Å². The molecule has 7 rings (SSSR count). The first kappa shape index (κ1) is 22.4. The number of aromatic hydroxyl groups is 1. The maximum atomic E-state index is 13.6. The number of nitrogens with zero attached hydrogens (tertiary/aromatic N) is 3. The molecule has 0 aromatic heterocycles. The van der Waals surface area contributed by atoms with Crippen LogP contribution in [0.2, 0.25) is 0 Å². The van der Waals surface area contributed by atoms with E-state index < -0.39 is 11.0 Å². The molecule has 2 bridgehead atoms. The summed E-state index contributed by atoms with van der Waals surface area (Å²) >= 11 is 0. The Balaban J connectivity index is 1.24. The lowest BCUT2D eigenvalue weighted by Crippen LogP contribution is -2.74. The molecule has 4 atom stereocenters. The van der Waals surface area contributed by atoms with Crippen molar-refractivity contribution < 1.29 is 19.7 Å². The van der Waals surface area contributed by atoms with E-state index >= 15 is 0 Å². The summed E-state index contributed by atoms with van der Waals surface area (Å²) in [5.41, 5.74) is 0.722. The summed E-state index contributed by atoms with van der Waals surface area (Å²) in [6.45, 7) is 5.51. The molecule has 7 nitrogen and oxygen atoms in total. The van der Waals surface area contributed by atoms with Crippen molar-refractivity contribution in [3.8, 4) is 11.5 Å². The first-order valence-electron chi connectivity index (χ1n) is 14.0. The molecule has 35 heavy (non-hydrogen) atoms. The van der Waals surface area contributed by atoms with Crippen LogP contribution in [0.5, 0.6) is 11.5 Å². The van der Waals surface area contributed by atoms with Gasteiger partial charge in [0.1, 0.15) is 6.10 Å². The minimum absolute atomic E-state index is 0.0339. The van der Waals surface area contributed by atoms with Crippen molar-refractivity contribution in [2.75, 3.05) is 45.8 Å². The van der Waals surface area contributed by atoms with Crippen LogP contribution in [-0.4, -0.2) is 94.4 Å². The first-order chi connectivity index (χ1) is 17.0. The summed E-state index contributed by atoms with van der Waals surface area (Å²) in [6.07, 6.45) is 9.27. The van der Waals surface area contributed by atoms with Gasteiger partial charge >= 0.3 is 0 Å². The maximum Gasteiger partial charge on any atom is 0.236 e. The lowest BCUT2D eigenvalue weighted by molar-refractivity contribution is -0.162. The number of aliphatic hydroxyl groups is 1. The normalized spacial score (nSPS) is 36.8. The van der Waals surface area contributed by atoms with Gasteiger partial charge in [-0.15, -0.1) is 0 Å². The summed E-state index contributed by atoms with van der Waals surface area (Å²) in [5, 5.41) is 23.4. The van der Waals surface area contributed by atoms with Crippen LogP contribution in [0.4, 0.5) is 0 Å². The number of hydrogen-bond donors (Lipinski definition) is 2. The monoisotopic (exact) mass is 481 g/mol. The molecule has 4 aliphatic heterocycles. The molecule has 0 unspecified atom stereocenters. The van der Waals surface area contributed by atoms with E-state index in [9.17, 15) is 15.0 Å². The molecule has 3 saturated heterocycles. The molecule has 1 aromatic rings. The SMILES string of the molecule is O=C(CN1CCCCCC1)N1CC[C@@]2(O)[C@H]3Cc4ccc(O)c5c4[C@@]2(CCN3CC2CC2)[C@H](C1)O5. The number of phenols is 1.